The Bertz CT molecular complexity index is 974. The van der Waals surface area contributed by atoms with Crippen LogP contribution >= 0.6 is 0 Å². The number of para-hydroxylation sites is 1. The summed E-state index contributed by atoms with van der Waals surface area (Å²) in [6.45, 7) is 4.24. The van der Waals surface area contributed by atoms with Crippen molar-refractivity contribution in [2.75, 3.05) is 11.4 Å². The number of carbonyl (C=O) groups is 1. The van der Waals surface area contributed by atoms with E-state index in [-0.39, 0.29) is 5.75 Å². The minimum atomic E-state index is -4.98. The second-order valence-corrected chi connectivity index (χ2v) is 7.04. The van der Waals surface area contributed by atoms with Crippen LogP contribution in [0.3, 0.4) is 0 Å². The van der Waals surface area contributed by atoms with E-state index in [4.69, 9.17) is 4.74 Å². The van der Waals surface area contributed by atoms with Crippen molar-refractivity contribution < 1.29 is 27.1 Å². The summed E-state index contributed by atoms with van der Waals surface area (Å²) in [5, 5.41) is 2.15. The molecule has 152 valence electrons. The first-order chi connectivity index (χ1) is 13.8. The number of piperidine rings is 1. The number of nitrogens with zero attached hydrogens (tertiary/aromatic N) is 1. The van der Waals surface area contributed by atoms with Crippen LogP contribution in [0.1, 0.15) is 30.0 Å². The van der Waals surface area contributed by atoms with Crippen molar-refractivity contribution in [2.45, 2.75) is 31.1 Å². The monoisotopic (exact) mass is 406 g/mol. The molecule has 0 spiro atoms. The Morgan fingerprint density at radius 2 is 2.00 bits per heavy atom. The van der Waals surface area contributed by atoms with Crippen LogP contribution in [-0.4, -0.2) is 24.7 Å². The molecule has 2 atom stereocenters. The highest BCUT2D eigenvalue weighted by atomic mass is 19.4. The molecule has 8 heteroatoms. The van der Waals surface area contributed by atoms with Gasteiger partial charge in [0.1, 0.15) is 11.6 Å². The van der Waals surface area contributed by atoms with Gasteiger partial charge < -0.3 is 15.0 Å². The molecule has 2 aliphatic rings. The molecular weight excluding hydrogens is 388 g/mol. The van der Waals surface area contributed by atoms with Crippen molar-refractivity contribution in [3.63, 3.8) is 0 Å². The third-order valence-electron chi connectivity index (χ3n) is 5.24. The molecule has 0 aliphatic carbocycles. The quantitative estimate of drug-likeness (QED) is 0.717. The Kier molecular flexibility index (Phi) is 4.72. The summed E-state index contributed by atoms with van der Waals surface area (Å²) < 4.78 is 58.8. The number of alkyl halides is 3. The van der Waals surface area contributed by atoms with Crippen LogP contribution in [0.5, 0.6) is 11.5 Å². The van der Waals surface area contributed by atoms with E-state index in [1.54, 1.807) is 24.3 Å². The molecule has 2 aromatic rings. The fourth-order valence-electron chi connectivity index (χ4n) is 4.10. The number of benzene rings is 2. The van der Waals surface area contributed by atoms with E-state index in [9.17, 15) is 22.4 Å². The topological polar surface area (TPSA) is 41.6 Å². The Morgan fingerprint density at radius 3 is 2.72 bits per heavy atom. The number of carbonyl (C=O) groups excluding carboxylic acids is 1. The van der Waals surface area contributed by atoms with Gasteiger partial charge >= 0.3 is 12.1 Å². The Labute approximate surface area is 164 Å². The summed E-state index contributed by atoms with van der Waals surface area (Å²) in [4.78, 5) is 13.5. The summed E-state index contributed by atoms with van der Waals surface area (Å²) in [6, 6.07) is 8.07. The average molecular weight is 406 g/mol. The predicted molar refractivity (Wildman–Crippen MR) is 100 cm³/mol. The number of halogens is 4. The van der Waals surface area contributed by atoms with Gasteiger partial charge in [-0.15, -0.1) is 0 Å². The molecule has 0 aromatic heterocycles. The zero-order chi connectivity index (χ0) is 20.8. The molecule has 4 nitrogen and oxygen atoms in total. The molecule has 4 rings (SSSR count). The molecule has 2 heterocycles. The number of fused-ring (bicyclic) bond motifs is 5. The largest absolute Gasteiger partial charge is 0.471 e. The molecule has 2 aliphatic heterocycles. The molecule has 2 unspecified atom stereocenters. The molecule has 1 saturated heterocycles. The van der Waals surface area contributed by atoms with Gasteiger partial charge in [-0.05, 0) is 25.0 Å². The first kappa shape index (κ1) is 19.3. The Balaban J connectivity index is 1.87. The summed E-state index contributed by atoms with van der Waals surface area (Å²) in [5.41, 5.74) is 1.65. The molecule has 1 N–H and O–H groups in total. The number of anilines is 1. The second-order valence-electron chi connectivity index (χ2n) is 7.04. The van der Waals surface area contributed by atoms with Gasteiger partial charge in [-0.3, -0.25) is 4.79 Å². The summed E-state index contributed by atoms with van der Waals surface area (Å²) >= 11 is 0. The second kappa shape index (κ2) is 7.09. The first-order valence-electron chi connectivity index (χ1n) is 9.16. The lowest BCUT2D eigenvalue weighted by atomic mass is 9.89. The van der Waals surface area contributed by atoms with Crippen molar-refractivity contribution in [3.8, 4) is 11.5 Å². The maximum Gasteiger partial charge on any atom is 0.471 e. The third kappa shape index (κ3) is 3.43. The van der Waals surface area contributed by atoms with E-state index in [1.165, 1.54) is 18.2 Å². The maximum absolute atomic E-state index is 14.1. The number of ether oxygens (including phenoxy) is 1. The number of hydrogen-bond acceptors (Lipinski definition) is 3. The van der Waals surface area contributed by atoms with Crippen molar-refractivity contribution >= 4 is 17.7 Å². The van der Waals surface area contributed by atoms with Crippen LogP contribution in [0.25, 0.3) is 6.08 Å². The summed E-state index contributed by atoms with van der Waals surface area (Å²) in [7, 11) is 0. The third-order valence-corrected chi connectivity index (χ3v) is 5.24. The van der Waals surface area contributed by atoms with Crippen molar-refractivity contribution in [2.24, 2.45) is 0 Å². The van der Waals surface area contributed by atoms with Gasteiger partial charge in [0.2, 0.25) is 0 Å². The van der Waals surface area contributed by atoms with Crippen LogP contribution in [0.15, 0.2) is 43.0 Å². The number of nitrogens with one attached hydrogen (secondary N) is 1. The summed E-state index contributed by atoms with van der Waals surface area (Å²) in [5.74, 6) is -1.81. The van der Waals surface area contributed by atoms with Crippen LogP contribution < -0.4 is 15.0 Å². The van der Waals surface area contributed by atoms with Crippen LogP contribution in [-0.2, 0) is 4.79 Å². The minimum Gasteiger partial charge on any atom is -0.455 e. The Hall–Kier alpha value is -3.03. The van der Waals surface area contributed by atoms with Crippen LogP contribution in [0, 0.1) is 5.82 Å². The van der Waals surface area contributed by atoms with E-state index in [0.29, 0.717) is 42.0 Å². The van der Waals surface area contributed by atoms with Crippen molar-refractivity contribution in [3.05, 3.63) is 59.9 Å². The zero-order valence-electron chi connectivity index (χ0n) is 15.3. The number of hydrogen-bond donors (Lipinski definition) is 1. The normalized spacial score (nSPS) is 20.5. The molecule has 2 aromatic carbocycles. The predicted octanol–water partition coefficient (Wildman–Crippen LogP) is 4.96. The minimum absolute atomic E-state index is 0.262. The first-order valence-corrected chi connectivity index (χ1v) is 9.16. The summed E-state index contributed by atoms with van der Waals surface area (Å²) in [6.07, 6.45) is -2.57. The molecule has 1 amide bonds. The maximum atomic E-state index is 14.1. The molecule has 29 heavy (non-hydrogen) atoms. The molecule has 0 radical (unpaired) electrons. The SMILES string of the molecule is C=Cc1cc(F)cc2c1N1CCCC(NC(=O)C(F)(F)F)C1c1ccccc1O2. The van der Waals surface area contributed by atoms with Crippen molar-refractivity contribution in [1.29, 1.82) is 0 Å². The fourth-order valence-corrected chi connectivity index (χ4v) is 4.10. The highest BCUT2D eigenvalue weighted by Crippen LogP contribution is 2.49. The van der Waals surface area contributed by atoms with E-state index in [2.05, 4.69) is 11.9 Å². The molecule has 1 fully saturated rings. The number of amides is 1. The Morgan fingerprint density at radius 1 is 1.24 bits per heavy atom. The van der Waals surface area contributed by atoms with Gasteiger partial charge in [-0.25, -0.2) is 4.39 Å². The van der Waals surface area contributed by atoms with Gasteiger partial charge in [0, 0.05) is 23.7 Å². The zero-order valence-corrected chi connectivity index (χ0v) is 15.3. The van der Waals surface area contributed by atoms with Gasteiger partial charge in [0.05, 0.1) is 17.8 Å². The van der Waals surface area contributed by atoms with Crippen molar-refractivity contribution in [1.82, 2.24) is 5.32 Å². The highest BCUT2D eigenvalue weighted by molar-refractivity contribution is 5.82. The molecule has 0 saturated carbocycles. The van der Waals surface area contributed by atoms with Gasteiger partial charge in [0.15, 0.2) is 5.75 Å². The van der Waals surface area contributed by atoms with Crippen LogP contribution in [0.4, 0.5) is 23.2 Å². The molecular formula is C21H18F4N2O2. The smallest absolute Gasteiger partial charge is 0.455 e. The van der Waals surface area contributed by atoms with E-state index >= 15 is 0 Å². The lowest BCUT2D eigenvalue weighted by Gasteiger charge is -2.43. The fraction of sp³-hybridized carbons (Fsp3) is 0.286. The van der Waals surface area contributed by atoms with Gasteiger partial charge in [-0.1, -0.05) is 30.9 Å². The highest BCUT2D eigenvalue weighted by Gasteiger charge is 2.44. The standard InChI is InChI=1S/C21H18F4N2O2/c1-2-12-10-13(22)11-17-18(12)27-9-5-7-15(26-20(28)21(23,24)25)19(27)14-6-3-4-8-16(14)29-17/h2-4,6,8,10-11,15,19H,1,5,7,9H2,(H,26,28). The van der Waals surface area contributed by atoms with E-state index < -0.39 is 30.0 Å². The van der Waals surface area contributed by atoms with Gasteiger partial charge in [0.25, 0.3) is 0 Å². The lowest BCUT2D eigenvalue weighted by Crippen LogP contribution is -2.52. The average Bonchev–Trinajstić information content (AvgIpc) is 2.81. The lowest BCUT2D eigenvalue weighted by molar-refractivity contribution is -0.174. The van der Waals surface area contributed by atoms with Crippen LogP contribution in [0.2, 0.25) is 0 Å². The van der Waals surface area contributed by atoms with E-state index in [0.717, 1.165) is 0 Å². The molecule has 0 bridgehead atoms. The van der Waals surface area contributed by atoms with Gasteiger partial charge in [-0.2, -0.15) is 13.2 Å². The number of rotatable bonds is 2. The van der Waals surface area contributed by atoms with E-state index in [1.807, 2.05) is 4.90 Å².